The van der Waals surface area contributed by atoms with E-state index < -0.39 is 0 Å². The van der Waals surface area contributed by atoms with E-state index in [9.17, 15) is 0 Å². The highest BCUT2D eigenvalue weighted by Crippen LogP contribution is 2.19. The number of ether oxygens (including phenoxy) is 1. The zero-order chi connectivity index (χ0) is 11.8. The van der Waals surface area contributed by atoms with Gasteiger partial charge in [0.2, 0.25) is 0 Å². The van der Waals surface area contributed by atoms with Crippen molar-refractivity contribution in [3.63, 3.8) is 0 Å². The Hall–Kier alpha value is -0.0800. The molecular weight excluding hydrogens is 198 g/mol. The first kappa shape index (κ1) is 14.0. The molecule has 1 aliphatic heterocycles. The van der Waals surface area contributed by atoms with E-state index in [1.807, 2.05) is 0 Å². The smallest absolute Gasteiger partial charge is 0.0575 e. The summed E-state index contributed by atoms with van der Waals surface area (Å²) in [7, 11) is 0. The molecule has 2 atom stereocenters. The van der Waals surface area contributed by atoms with Crippen molar-refractivity contribution in [3.05, 3.63) is 0 Å². The van der Waals surface area contributed by atoms with Gasteiger partial charge in [0, 0.05) is 12.6 Å². The predicted molar refractivity (Wildman–Crippen MR) is 69.7 cm³/mol. The normalized spacial score (nSPS) is 23.6. The molecule has 1 aliphatic rings. The lowest BCUT2D eigenvalue weighted by molar-refractivity contribution is 0.00779. The fourth-order valence-electron chi connectivity index (χ4n) is 2.40. The van der Waals surface area contributed by atoms with Crippen LogP contribution >= 0.6 is 0 Å². The van der Waals surface area contributed by atoms with Gasteiger partial charge in [-0.25, -0.2) is 0 Å². The van der Waals surface area contributed by atoms with Crippen molar-refractivity contribution in [2.24, 2.45) is 5.92 Å². The third kappa shape index (κ3) is 5.31. The standard InChI is InChI=1S/C14H29NO/c1-4-10-15-14(12(2)3)9-8-13-7-5-6-11-16-13/h12-15H,4-11H2,1-3H3. The molecule has 1 fully saturated rings. The summed E-state index contributed by atoms with van der Waals surface area (Å²) in [4.78, 5) is 0. The summed E-state index contributed by atoms with van der Waals surface area (Å²) in [5.74, 6) is 0.732. The topological polar surface area (TPSA) is 21.3 Å². The molecule has 0 aliphatic carbocycles. The third-order valence-corrected chi connectivity index (χ3v) is 3.53. The summed E-state index contributed by atoms with van der Waals surface area (Å²) >= 11 is 0. The van der Waals surface area contributed by atoms with Gasteiger partial charge >= 0.3 is 0 Å². The van der Waals surface area contributed by atoms with Crippen LogP contribution in [-0.2, 0) is 4.74 Å². The molecule has 1 N–H and O–H groups in total. The second kappa shape index (κ2) is 8.08. The minimum absolute atomic E-state index is 0.540. The highest BCUT2D eigenvalue weighted by Gasteiger charge is 2.18. The minimum atomic E-state index is 0.540. The summed E-state index contributed by atoms with van der Waals surface area (Å²) < 4.78 is 5.78. The molecule has 2 nitrogen and oxygen atoms in total. The van der Waals surface area contributed by atoms with Gasteiger partial charge in [0.25, 0.3) is 0 Å². The lowest BCUT2D eigenvalue weighted by Gasteiger charge is -2.27. The minimum Gasteiger partial charge on any atom is -0.378 e. The van der Waals surface area contributed by atoms with Gasteiger partial charge in [-0.1, -0.05) is 20.8 Å². The SMILES string of the molecule is CCCNC(CCC1CCCCO1)C(C)C. The quantitative estimate of drug-likeness (QED) is 0.720. The van der Waals surface area contributed by atoms with Gasteiger partial charge in [0.05, 0.1) is 6.10 Å². The average Bonchev–Trinajstić information content (AvgIpc) is 2.30. The van der Waals surface area contributed by atoms with Crippen LogP contribution in [0.15, 0.2) is 0 Å². The van der Waals surface area contributed by atoms with Crippen molar-refractivity contribution in [1.29, 1.82) is 0 Å². The number of nitrogens with one attached hydrogen (secondary N) is 1. The summed E-state index contributed by atoms with van der Waals surface area (Å²) in [6, 6.07) is 0.672. The van der Waals surface area contributed by atoms with E-state index in [0.717, 1.165) is 19.1 Å². The fraction of sp³-hybridized carbons (Fsp3) is 1.00. The summed E-state index contributed by atoms with van der Waals surface area (Å²) in [5.41, 5.74) is 0. The Labute approximate surface area is 101 Å². The molecular formula is C14H29NO. The van der Waals surface area contributed by atoms with Gasteiger partial charge < -0.3 is 10.1 Å². The molecule has 0 spiro atoms. The molecule has 1 rings (SSSR count). The van der Waals surface area contributed by atoms with Crippen LogP contribution in [0.1, 0.15) is 59.3 Å². The highest BCUT2D eigenvalue weighted by atomic mass is 16.5. The van der Waals surface area contributed by atoms with Crippen LogP contribution in [0.4, 0.5) is 0 Å². The van der Waals surface area contributed by atoms with Crippen LogP contribution in [0.5, 0.6) is 0 Å². The zero-order valence-electron chi connectivity index (χ0n) is 11.3. The van der Waals surface area contributed by atoms with Crippen molar-refractivity contribution in [1.82, 2.24) is 5.32 Å². The summed E-state index contributed by atoms with van der Waals surface area (Å²) in [6.07, 6.45) is 8.17. The van der Waals surface area contributed by atoms with Crippen LogP contribution in [-0.4, -0.2) is 25.3 Å². The highest BCUT2D eigenvalue weighted by molar-refractivity contribution is 4.73. The lowest BCUT2D eigenvalue weighted by Crippen LogP contribution is -2.35. The van der Waals surface area contributed by atoms with Crippen molar-refractivity contribution in [2.75, 3.05) is 13.2 Å². The Morgan fingerprint density at radius 3 is 2.69 bits per heavy atom. The molecule has 2 heteroatoms. The molecule has 0 bridgehead atoms. The van der Waals surface area contributed by atoms with E-state index in [2.05, 4.69) is 26.1 Å². The molecule has 0 aromatic carbocycles. The van der Waals surface area contributed by atoms with E-state index in [4.69, 9.17) is 4.74 Å². The van der Waals surface area contributed by atoms with Crippen LogP contribution in [0.25, 0.3) is 0 Å². The first-order chi connectivity index (χ1) is 7.74. The Morgan fingerprint density at radius 2 is 2.12 bits per heavy atom. The van der Waals surface area contributed by atoms with E-state index in [0.29, 0.717) is 12.1 Å². The molecule has 2 unspecified atom stereocenters. The predicted octanol–water partition coefficient (Wildman–Crippen LogP) is 3.36. The van der Waals surface area contributed by atoms with Gasteiger partial charge in [-0.3, -0.25) is 0 Å². The van der Waals surface area contributed by atoms with Crippen molar-refractivity contribution in [2.45, 2.75) is 71.4 Å². The van der Waals surface area contributed by atoms with Gasteiger partial charge in [-0.15, -0.1) is 0 Å². The van der Waals surface area contributed by atoms with Gasteiger partial charge in [0.15, 0.2) is 0 Å². The maximum absolute atomic E-state index is 5.78. The van der Waals surface area contributed by atoms with E-state index in [1.165, 1.54) is 38.5 Å². The summed E-state index contributed by atoms with van der Waals surface area (Å²) in [6.45, 7) is 8.99. The van der Waals surface area contributed by atoms with Crippen molar-refractivity contribution >= 4 is 0 Å². The molecule has 16 heavy (non-hydrogen) atoms. The fourth-order valence-corrected chi connectivity index (χ4v) is 2.40. The van der Waals surface area contributed by atoms with E-state index in [1.54, 1.807) is 0 Å². The maximum Gasteiger partial charge on any atom is 0.0575 e. The van der Waals surface area contributed by atoms with Gasteiger partial charge in [0.1, 0.15) is 0 Å². The van der Waals surface area contributed by atoms with Crippen LogP contribution in [0, 0.1) is 5.92 Å². The number of rotatable bonds is 7. The lowest BCUT2D eigenvalue weighted by atomic mass is 9.95. The largest absolute Gasteiger partial charge is 0.378 e. The Bertz CT molecular complexity index is 164. The Balaban J connectivity index is 2.19. The molecule has 1 saturated heterocycles. The second-order valence-electron chi connectivity index (χ2n) is 5.37. The first-order valence-electron chi connectivity index (χ1n) is 7.09. The first-order valence-corrected chi connectivity index (χ1v) is 7.09. The van der Waals surface area contributed by atoms with E-state index >= 15 is 0 Å². The van der Waals surface area contributed by atoms with Crippen LogP contribution in [0.3, 0.4) is 0 Å². The molecule has 96 valence electrons. The number of hydrogen-bond donors (Lipinski definition) is 1. The maximum atomic E-state index is 5.78. The molecule has 0 radical (unpaired) electrons. The van der Waals surface area contributed by atoms with Crippen molar-refractivity contribution in [3.8, 4) is 0 Å². The molecule has 0 saturated carbocycles. The number of hydrogen-bond acceptors (Lipinski definition) is 2. The van der Waals surface area contributed by atoms with Crippen LogP contribution in [0.2, 0.25) is 0 Å². The zero-order valence-corrected chi connectivity index (χ0v) is 11.3. The second-order valence-corrected chi connectivity index (χ2v) is 5.37. The molecule has 1 heterocycles. The van der Waals surface area contributed by atoms with Gasteiger partial charge in [-0.05, 0) is 51.0 Å². The monoisotopic (exact) mass is 227 g/mol. The Kier molecular flexibility index (Phi) is 7.06. The molecule has 0 amide bonds. The van der Waals surface area contributed by atoms with Crippen LogP contribution < -0.4 is 5.32 Å². The van der Waals surface area contributed by atoms with Gasteiger partial charge in [-0.2, -0.15) is 0 Å². The van der Waals surface area contributed by atoms with E-state index in [-0.39, 0.29) is 0 Å². The van der Waals surface area contributed by atoms with Crippen molar-refractivity contribution < 1.29 is 4.74 Å². The molecule has 0 aromatic rings. The Morgan fingerprint density at radius 1 is 1.31 bits per heavy atom. The average molecular weight is 227 g/mol. The summed E-state index contributed by atoms with van der Waals surface area (Å²) in [5, 5.41) is 3.65. The third-order valence-electron chi connectivity index (χ3n) is 3.53. The molecule has 0 aromatic heterocycles.